The first kappa shape index (κ1) is 19.2. The number of halogens is 2. The number of carbonyl (C=O) groups is 2. The van der Waals surface area contributed by atoms with Gasteiger partial charge in [-0.3, -0.25) is 9.59 Å². The van der Waals surface area contributed by atoms with E-state index in [1.807, 2.05) is 27.7 Å². The Bertz CT molecular complexity index is 512. The monoisotopic (exact) mass is 432 g/mol. The molecule has 1 rings (SSSR count). The second-order valence-electron chi connectivity index (χ2n) is 5.38. The lowest BCUT2D eigenvalue weighted by atomic mass is 10.1. The van der Waals surface area contributed by atoms with Gasteiger partial charge in [0.1, 0.15) is 0 Å². The van der Waals surface area contributed by atoms with Gasteiger partial charge in [-0.15, -0.1) is 0 Å². The van der Waals surface area contributed by atoms with Gasteiger partial charge in [0.2, 0.25) is 0 Å². The van der Waals surface area contributed by atoms with Crippen LogP contribution in [-0.4, -0.2) is 23.9 Å². The van der Waals surface area contributed by atoms with E-state index >= 15 is 0 Å². The maximum Gasteiger partial charge on any atom is 0.252 e. The third kappa shape index (κ3) is 5.09. The summed E-state index contributed by atoms with van der Waals surface area (Å²) < 4.78 is 1.21. The summed E-state index contributed by atoms with van der Waals surface area (Å²) in [4.78, 5) is 24.5. The Balaban J connectivity index is 3.01. The highest BCUT2D eigenvalue weighted by molar-refractivity contribution is 9.11. The summed E-state index contributed by atoms with van der Waals surface area (Å²) in [5.41, 5.74) is 1.01. The van der Waals surface area contributed by atoms with Crippen molar-refractivity contribution in [3.8, 4) is 0 Å². The predicted molar refractivity (Wildman–Crippen MR) is 96.3 cm³/mol. The number of benzene rings is 1. The van der Waals surface area contributed by atoms with Crippen molar-refractivity contribution in [1.82, 2.24) is 10.6 Å². The molecule has 4 nitrogen and oxygen atoms in total. The molecule has 2 atom stereocenters. The highest BCUT2D eigenvalue weighted by Crippen LogP contribution is 2.26. The molecular weight excluding hydrogens is 412 g/mol. The van der Waals surface area contributed by atoms with Gasteiger partial charge in [-0.2, -0.15) is 0 Å². The van der Waals surface area contributed by atoms with E-state index in [1.54, 1.807) is 12.1 Å². The van der Waals surface area contributed by atoms with Crippen LogP contribution in [0.1, 0.15) is 61.3 Å². The average Bonchev–Trinajstić information content (AvgIpc) is 2.48. The maximum absolute atomic E-state index is 12.2. The second-order valence-corrected chi connectivity index (χ2v) is 7.09. The molecule has 0 fully saturated rings. The van der Waals surface area contributed by atoms with Crippen LogP contribution in [0, 0.1) is 0 Å². The molecule has 0 saturated carbocycles. The van der Waals surface area contributed by atoms with Gasteiger partial charge >= 0.3 is 0 Å². The van der Waals surface area contributed by atoms with Crippen molar-refractivity contribution < 1.29 is 9.59 Å². The predicted octanol–water partition coefficient (Wildman–Crippen LogP) is 4.27. The Hall–Kier alpha value is -0.880. The van der Waals surface area contributed by atoms with E-state index < -0.39 is 0 Å². The van der Waals surface area contributed by atoms with Crippen LogP contribution in [0.15, 0.2) is 21.1 Å². The quantitative estimate of drug-likeness (QED) is 0.703. The summed E-state index contributed by atoms with van der Waals surface area (Å²) in [5, 5.41) is 5.83. The minimum atomic E-state index is -0.157. The molecule has 1 aromatic rings. The Kier molecular flexibility index (Phi) is 7.56. The van der Waals surface area contributed by atoms with Gasteiger partial charge < -0.3 is 10.6 Å². The molecule has 6 heteroatoms. The minimum Gasteiger partial charge on any atom is -0.350 e. The van der Waals surface area contributed by atoms with E-state index in [2.05, 4.69) is 42.5 Å². The average molecular weight is 434 g/mol. The number of rotatable bonds is 6. The Morgan fingerprint density at radius 1 is 0.909 bits per heavy atom. The Labute approximate surface area is 148 Å². The zero-order chi connectivity index (χ0) is 16.9. The van der Waals surface area contributed by atoms with Crippen LogP contribution < -0.4 is 10.6 Å². The van der Waals surface area contributed by atoms with Crippen molar-refractivity contribution in [1.29, 1.82) is 0 Å². The van der Waals surface area contributed by atoms with Crippen LogP contribution in [0.2, 0.25) is 0 Å². The molecular formula is C16H22Br2N2O2. The molecule has 0 aromatic heterocycles. The molecule has 22 heavy (non-hydrogen) atoms. The van der Waals surface area contributed by atoms with Crippen molar-refractivity contribution in [3.05, 3.63) is 32.2 Å². The van der Waals surface area contributed by atoms with E-state index in [1.165, 1.54) is 0 Å². The van der Waals surface area contributed by atoms with E-state index in [0.29, 0.717) is 20.1 Å². The van der Waals surface area contributed by atoms with E-state index in [4.69, 9.17) is 0 Å². The fraction of sp³-hybridized carbons (Fsp3) is 0.500. The van der Waals surface area contributed by atoms with Crippen LogP contribution in [0.4, 0.5) is 0 Å². The molecule has 0 aliphatic rings. The fourth-order valence-electron chi connectivity index (χ4n) is 1.70. The molecule has 0 heterocycles. The molecule has 2 N–H and O–H groups in total. The van der Waals surface area contributed by atoms with Crippen LogP contribution >= 0.6 is 31.9 Å². The van der Waals surface area contributed by atoms with Gasteiger partial charge in [0.15, 0.2) is 0 Å². The van der Waals surface area contributed by atoms with Crippen molar-refractivity contribution in [2.24, 2.45) is 0 Å². The summed E-state index contributed by atoms with van der Waals surface area (Å²) in [6.07, 6.45) is 1.72. The van der Waals surface area contributed by atoms with Gasteiger partial charge in [0.25, 0.3) is 11.8 Å². The maximum atomic E-state index is 12.2. The fourth-order valence-corrected chi connectivity index (χ4v) is 2.75. The number of amides is 2. The first-order valence-corrected chi connectivity index (χ1v) is 8.99. The Morgan fingerprint density at radius 3 is 1.50 bits per heavy atom. The van der Waals surface area contributed by atoms with Gasteiger partial charge in [0, 0.05) is 21.0 Å². The first-order chi connectivity index (χ1) is 10.3. The summed E-state index contributed by atoms with van der Waals surface area (Å²) in [7, 11) is 0. The standard InChI is InChI=1S/C16H22Br2N2O2/c1-5-9(3)19-15(21)11-7-14(18)12(8-13(11)17)16(22)20-10(4)6-2/h7-10H,5-6H2,1-4H3,(H,19,21)(H,20,22)/t9-,10+. The van der Waals surface area contributed by atoms with Crippen molar-refractivity contribution >= 4 is 43.7 Å². The van der Waals surface area contributed by atoms with Gasteiger partial charge in [-0.1, -0.05) is 13.8 Å². The zero-order valence-electron chi connectivity index (χ0n) is 13.3. The molecule has 122 valence electrons. The van der Waals surface area contributed by atoms with Crippen molar-refractivity contribution in [2.45, 2.75) is 52.6 Å². The number of hydrogen-bond donors (Lipinski definition) is 2. The largest absolute Gasteiger partial charge is 0.350 e. The van der Waals surface area contributed by atoms with Gasteiger partial charge in [0.05, 0.1) is 11.1 Å². The molecule has 1 aromatic carbocycles. The normalized spacial score (nSPS) is 13.4. The van der Waals surface area contributed by atoms with E-state index in [0.717, 1.165) is 12.8 Å². The van der Waals surface area contributed by atoms with Crippen LogP contribution in [0.5, 0.6) is 0 Å². The van der Waals surface area contributed by atoms with Crippen LogP contribution in [0.25, 0.3) is 0 Å². The van der Waals surface area contributed by atoms with Gasteiger partial charge in [-0.25, -0.2) is 0 Å². The lowest BCUT2D eigenvalue weighted by Gasteiger charge is -2.15. The number of carbonyl (C=O) groups excluding carboxylic acids is 2. The molecule has 0 aliphatic carbocycles. The molecule has 0 radical (unpaired) electrons. The van der Waals surface area contributed by atoms with E-state index in [9.17, 15) is 9.59 Å². The van der Waals surface area contributed by atoms with Crippen molar-refractivity contribution in [3.63, 3.8) is 0 Å². The lowest BCUT2D eigenvalue weighted by Crippen LogP contribution is -2.33. The van der Waals surface area contributed by atoms with E-state index in [-0.39, 0.29) is 23.9 Å². The van der Waals surface area contributed by atoms with Gasteiger partial charge in [-0.05, 0) is 70.7 Å². The summed E-state index contributed by atoms with van der Waals surface area (Å²) in [6, 6.07) is 3.55. The molecule has 0 aliphatic heterocycles. The number of nitrogens with one attached hydrogen (secondary N) is 2. The minimum absolute atomic E-state index is 0.103. The summed E-state index contributed by atoms with van der Waals surface area (Å²) >= 11 is 6.77. The highest BCUT2D eigenvalue weighted by atomic mass is 79.9. The molecule has 2 amide bonds. The molecule has 0 spiro atoms. The zero-order valence-corrected chi connectivity index (χ0v) is 16.5. The van der Waals surface area contributed by atoms with Crippen LogP contribution in [-0.2, 0) is 0 Å². The molecule has 0 unspecified atom stereocenters. The third-order valence-electron chi connectivity index (χ3n) is 3.53. The first-order valence-electron chi connectivity index (χ1n) is 7.40. The summed E-state index contributed by atoms with van der Waals surface area (Å²) in [6.45, 7) is 7.93. The SMILES string of the molecule is CC[C@@H](C)NC(=O)c1cc(Br)c(C(=O)N[C@@H](C)CC)cc1Br. The smallest absolute Gasteiger partial charge is 0.252 e. The Morgan fingerprint density at radius 2 is 1.23 bits per heavy atom. The summed E-state index contributed by atoms with van der Waals surface area (Å²) in [5.74, 6) is -0.313. The topological polar surface area (TPSA) is 58.2 Å². The molecule has 0 saturated heterocycles. The van der Waals surface area contributed by atoms with Crippen molar-refractivity contribution in [2.75, 3.05) is 0 Å². The highest BCUT2D eigenvalue weighted by Gasteiger charge is 2.18. The molecule has 0 bridgehead atoms. The second kappa shape index (κ2) is 8.67. The lowest BCUT2D eigenvalue weighted by molar-refractivity contribution is 0.0925. The number of hydrogen-bond acceptors (Lipinski definition) is 2. The van der Waals surface area contributed by atoms with Crippen LogP contribution in [0.3, 0.4) is 0 Å². The third-order valence-corrected chi connectivity index (χ3v) is 4.84.